The minimum absolute atomic E-state index is 0.00407. The quantitative estimate of drug-likeness (QED) is 0.865. The molecule has 21 heavy (non-hydrogen) atoms. The van der Waals surface area contributed by atoms with E-state index in [0.29, 0.717) is 6.42 Å². The maximum absolute atomic E-state index is 12.1. The molecule has 5 heteroatoms. The Labute approximate surface area is 131 Å². The molecule has 1 heterocycles. The number of amides is 1. The normalized spacial score (nSPS) is 17.2. The number of carbonyl (C=O) groups is 1. The molecule has 3 rings (SSSR count). The number of hydrogen-bond donors (Lipinski definition) is 2. The molecule has 0 unspecified atom stereocenters. The van der Waals surface area contributed by atoms with Crippen LogP contribution in [0.5, 0.6) is 5.75 Å². The molecular weight excluding hydrogens is 332 g/mol. The Morgan fingerprint density at radius 2 is 1.95 bits per heavy atom. The number of hydrogen-bond acceptors (Lipinski definition) is 3. The van der Waals surface area contributed by atoms with Crippen LogP contribution in [-0.2, 0) is 4.79 Å². The van der Waals surface area contributed by atoms with Crippen LogP contribution in [0.2, 0.25) is 0 Å². The number of methoxy groups -OCH3 is 1. The van der Waals surface area contributed by atoms with Gasteiger partial charge in [0.15, 0.2) is 0 Å². The number of fused-ring (bicyclic) bond motifs is 1. The first-order chi connectivity index (χ1) is 10.2. The minimum atomic E-state index is -0.0733. The van der Waals surface area contributed by atoms with E-state index in [1.165, 1.54) is 0 Å². The van der Waals surface area contributed by atoms with Crippen LogP contribution >= 0.6 is 15.9 Å². The molecule has 0 aromatic heterocycles. The molecular formula is C16H15BrN2O2. The number of ether oxygens (including phenoxy) is 1. The van der Waals surface area contributed by atoms with Crippen molar-refractivity contribution in [2.75, 3.05) is 17.7 Å². The molecule has 2 aromatic carbocycles. The summed E-state index contributed by atoms with van der Waals surface area (Å²) >= 11 is 3.49. The molecule has 2 aromatic rings. The SMILES string of the molecule is COc1ccc([C@H]2CC(=O)Nc3ccccc3N2)cc1Br. The summed E-state index contributed by atoms with van der Waals surface area (Å²) in [5.74, 6) is 0.779. The monoisotopic (exact) mass is 346 g/mol. The zero-order valence-electron chi connectivity index (χ0n) is 11.5. The lowest BCUT2D eigenvalue weighted by molar-refractivity contribution is -0.116. The van der Waals surface area contributed by atoms with Gasteiger partial charge in [-0.3, -0.25) is 4.79 Å². The number of rotatable bonds is 2. The average molecular weight is 347 g/mol. The average Bonchev–Trinajstić information content (AvgIpc) is 2.65. The van der Waals surface area contributed by atoms with Gasteiger partial charge in [0.1, 0.15) is 5.75 Å². The molecule has 4 nitrogen and oxygen atoms in total. The lowest BCUT2D eigenvalue weighted by Gasteiger charge is -2.18. The van der Waals surface area contributed by atoms with Crippen LogP contribution in [-0.4, -0.2) is 13.0 Å². The predicted octanol–water partition coefficient (Wildman–Crippen LogP) is 3.95. The van der Waals surface area contributed by atoms with E-state index in [9.17, 15) is 4.79 Å². The van der Waals surface area contributed by atoms with Crippen LogP contribution in [0.3, 0.4) is 0 Å². The van der Waals surface area contributed by atoms with Crippen LogP contribution in [0.15, 0.2) is 46.9 Å². The van der Waals surface area contributed by atoms with E-state index in [1.807, 2.05) is 42.5 Å². The lowest BCUT2D eigenvalue weighted by atomic mass is 10.0. The van der Waals surface area contributed by atoms with Crippen molar-refractivity contribution in [3.05, 3.63) is 52.5 Å². The van der Waals surface area contributed by atoms with Gasteiger partial charge >= 0.3 is 0 Å². The van der Waals surface area contributed by atoms with Gasteiger partial charge in [-0.1, -0.05) is 18.2 Å². The van der Waals surface area contributed by atoms with Crippen molar-refractivity contribution in [2.45, 2.75) is 12.5 Å². The van der Waals surface area contributed by atoms with Gasteiger partial charge in [0, 0.05) is 0 Å². The van der Waals surface area contributed by atoms with Crippen molar-refractivity contribution in [3.63, 3.8) is 0 Å². The van der Waals surface area contributed by atoms with Gasteiger partial charge in [-0.25, -0.2) is 0 Å². The Balaban J connectivity index is 1.95. The van der Waals surface area contributed by atoms with Gasteiger partial charge in [0.05, 0.1) is 35.4 Å². The molecule has 0 saturated heterocycles. The van der Waals surface area contributed by atoms with Crippen LogP contribution in [0.1, 0.15) is 18.0 Å². The van der Waals surface area contributed by atoms with E-state index in [2.05, 4.69) is 26.6 Å². The highest BCUT2D eigenvalue weighted by Gasteiger charge is 2.22. The standard InChI is InChI=1S/C16H15BrN2O2/c1-21-15-7-6-10(8-11(15)17)14-9-16(20)19-13-5-3-2-4-12(13)18-14/h2-8,14,18H,9H2,1H3,(H,19,20)/t14-/m1/s1. The Morgan fingerprint density at radius 1 is 1.19 bits per heavy atom. The van der Waals surface area contributed by atoms with E-state index < -0.39 is 0 Å². The van der Waals surface area contributed by atoms with Crippen molar-refractivity contribution in [2.24, 2.45) is 0 Å². The fourth-order valence-corrected chi connectivity index (χ4v) is 3.00. The summed E-state index contributed by atoms with van der Waals surface area (Å²) in [6.07, 6.45) is 0.382. The van der Waals surface area contributed by atoms with Gasteiger partial charge in [0.25, 0.3) is 0 Å². The Hall–Kier alpha value is -2.01. The highest BCUT2D eigenvalue weighted by molar-refractivity contribution is 9.10. The van der Waals surface area contributed by atoms with Crippen LogP contribution in [0.4, 0.5) is 11.4 Å². The van der Waals surface area contributed by atoms with E-state index in [-0.39, 0.29) is 11.9 Å². The summed E-state index contributed by atoms with van der Waals surface area (Å²) in [4.78, 5) is 12.1. The fourth-order valence-electron chi connectivity index (χ4n) is 2.44. The second-order valence-electron chi connectivity index (χ2n) is 4.89. The second-order valence-corrected chi connectivity index (χ2v) is 5.74. The van der Waals surface area contributed by atoms with E-state index in [1.54, 1.807) is 7.11 Å². The molecule has 0 spiro atoms. The highest BCUT2D eigenvalue weighted by atomic mass is 79.9. The summed E-state index contributed by atoms with van der Waals surface area (Å²) in [5.41, 5.74) is 2.78. The summed E-state index contributed by atoms with van der Waals surface area (Å²) in [5, 5.41) is 6.35. The van der Waals surface area contributed by atoms with Crippen molar-refractivity contribution in [3.8, 4) is 5.75 Å². The number of para-hydroxylation sites is 2. The van der Waals surface area contributed by atoms with Gasteiger partial charge in [-0.2, -0.15) is 0 Å². The molecule has 108 valence electrons. The summed E-state index contributed by atoms with van der Waals surface area (Å²) in [6, 6.07) is 13.5. The molecule has 0 bridgehead atoms. The van der Waals surface area contributed by atoms with Crippen molar-refractivity contribution < 1.29 is 9.53 Å². The van der Waals surface area contributed by atoms with Crippen molar-refractivity contribution in [1.82, 2.24) is 0 Å². The van der Waals surface area contributed by atoms with Crippen LogP contribution in [0.25, 0.3) is 0 Å². The van der Waals surface area contributed by atoms with E-state index in [4.69, 9.17) is 4.74 Å². The first kappa shape index (κ1) is 13.9. The van der Waals surface area contributed by atoms with E-state index in [0.717, 1.165) is 27.2 Å². The molecule has 1 aliphatic rings. The first-order valence-electron chi connectivity index (χ1n) is 6.66. The van der Waals surface area contributed by atoms with Gasteiger partial charge in [-0.05, 0) is 45.8 Å². The summed E-state index contributed by atoms with van der Waals surface area (Å²) in [7, 11) is 1.63. The number of carbonyl (C=O) groups excluding carboxylic acids is 1. The number of benzene rings is 2. The predicted molar refractivity (Wildman–Crippen MR) is 86.7 cm³/mol. The van der Waals surface area contributed by atoms with Gasteiger partial charge < -0.3 is 15.4 Å². The third-order valence-corrected chi connectivity index (χ3v) is 4.12. The zero-order chi connectivity index (χ0) is 14.8. The topological polar surface area (TPSA) is 50.4 Å². The van der Waals surface area contributed by atoms with Crippen LogP contribution < -0.4 is 15.4 Å². The molecule has 0 fully saturated rings. The molecule has 1 aliphatic heterocycles. The summed E-state index contributed by atoms with van der Waals surface area (Å²) in [6.45, 7) is 0. The molecule has 1 atom stereocenters. The highest BCUT2D eigenvalue weighted by Crippen LogP contribution is 2.34. The smallest absolute Gasteiger partial charge is 0.226 e. The molecule has 0 aliphatic carbocycles. The number of nitrogens with one attached hydrogen (secondary N) is 2. The second kappa shape index (κ2) is 5.77. The van der Waals surface area contributed by atoms with Crippen LogP contribution in [0, 0.1) is 0 Å². The van der Waals surface area contributed by atoms with Crippen molar-refractivity contribution >= 4 is 33.2 Å². The molecule has 0 radical (unpaired) electrons. The lowest BCUT2D eigenvalue weighted by Crippen LogP contribution is -2.15. The minimum Gasteiger partial charge on any atom is -0.496 e. The van der Waals surface area contributed by atoms with Crippen molar-refractivity contribution in [1.29, 1.82) is 0 Å². The Kier molecular flexibility index (Phi) is 3.84. The van der Waals surface area contributed by atoms with E-state index >= 15 is 0 Å². The summed E-state index contributed by atoms with van der Waals surface area (Å²) < 4.78 is 6.12. The maximum atomic E-state index is 12.1. The largest absolute Gasteiger partial charge is 0.496 e. The first-order valence-corrected chi connectivity index (χ1v) is 7.45. The molecule has 2 N–H and O–H groups in total. The number of anilines is 2. The fraction of sp³-hybridized carbons (Fsp3) is 0.188. The number of halogens is 1. The maximum Gasteiger partial charge on any atom is 0.226 e. The molecule has 0 saturated carbocycles. The Bertz CT molecular complexity index is 688. The Morgan fingerprint density at radius 3 is 2.67 bits per heavy atom. The molecule has 1 amide bonds. The third-order valence-electron chi connectivity index (χ3n) is 3.50. The van der Waals surface area contributed by atoms with Gasteiger partial charge in [0.2, 0.25) is 5.91 Å². The third kappa shape index (κ3) is 2.88. The van der Waals surface area contributed by atoms with Gasteiger partial charge in [-0.15, -0.1) is 0 Å². The zero-order valence-corrected chi connectivity index (χ0v) is 13.1.